The Morgan fingerprint density at radius 1 is 1.00 bits per heavy atom. The number of anilines is 2. The number of fused-ring (bicyclic) bond motifs is 1. The van der Waals surface area contributed by atoms with Gasteiger partial charge in [0, 0.05) is 61.9 Å². The molecule has 2 N–H and O–H groups in total. The Labute approximate surface area is 205 Å². The molecule has 186 valence electrons. The Kier molecular flexibility index (Phi) is 8.02. The topological polar surface area (TPSA) is 69.6 Å². The number of halogens is 1. The minimum Gasteiger partial charge on any atom is -0.369 e. The Balaban J connectivity index is 1.25. The van der Waals surface area contributed by atoms with Crippen LogP contribution in [0.3, 0.4) is 0 Å². The van der Waals surface area contributed by atoms with Crippen LogP contribution in [0.5, 0.6) is 0 Å². The van der Waals surface area contributed by atoms with E-state index in [1.54, 1.807) is 16.8 Å². The van der Waals surface area contributed by atoms with Crippen LogP contribution in [0.25, 0.3) is 10.8 Å². The van der Waals surface area contributed by atoms with Crippen LogP contribution in [0.2, 0.25) is 0 Å². The second kappa shape index (κ2) is 11.4. The van der Waals surface area contributed by atoms with Crippen LogP contribution in [0.4, 0.5) is 20.6 Å². The molecule has 7 nitrogen and oxygen atoms in total. The normalized spacial score (nSPS) is 14.5. The van der Waals surface area contributed by atoms with Crippen LogP contribution in [0.1, 0.15) is 20.3 Å². The van der Waals surface area contributed by atoms with Gasteiger partial charge in [0.05, 0.1) is 5.69 Å². The molecule has 35 heavy (non-hydrogen) atoms. The fourth-order valence-electron chi connectivity index (χ4n) is 4.52. The molecule has 3 aromatic rings. The van der Waals surface area contributed by atoms with E-state index < -0.39 is 0 Å². The molecule has 1 saturated heterocycles. The first-order valence-corrected chi connectivity index (χ1v) is 12.3. The summed E-state index contributed by atoms with van der Waals surface area (Å²) in [6, 6.07) is 13.7. The van der Waals surface area contributed by atoms with Gasteiger partial charge in [0.25, 0.3) is 5.56 Å². The van der Waals surface area contributed by atoms with Crippen LogP contribution in [-0.2, 0) is 6.54 Å². The summed E-state index contributed by atoms with van der Waals surface area (Å²) in [4.78, 5) is 30.0. The number of carbonyl (C=O) groups is 1. The molecule has 0 bridgehead atoms. The van der Waals surface area contributed by atoms with Gasteiger partial charge >= 0.3 is 6.03 Å². The maximum atomic E-state index is 13.1. The maximum absolute atomic E-state index is 13.1. The zero-order valence-corrected chi connectivity index (χ0v) is 20.5. The number of hydrogen-bond donors (Lipinski definition) is 2. The Morgan fingerprint density at radius 2 is 1.69 bits per heavy atom. The number of carbonyl (C=O) groups excluding carboxylic acids is 1. The molecule has 2 heterocycles. The summed E-state index contributed by atoms with van der Waals surface area (Å²) in [5.74, 6) is 0.0994. The molecule has 0 atom stereocenters. The van der Waals surface area contributed by atoms with Gasteiger partial charge in [0.15, 0.2) is 0 Å². The smallest absolute Gasteiger partial charge is 0.319 e. The standard InChI is InChI=1S/C27H34FN5O2/c1-20(2)18-33-19-25(23-6-3-4-7-24(23)26(33)34)30-27(35)29-12-5-13-31-14-16-32(17-15-31)22-10-8-21(28)9-11-22/h3-4,6-11,19-20H,5,12-18H2,1-2H3,(H2,29,30,35). The molecule has 1 fully saturated rings. The van der Waals surface area contributed by atoms with Gasteiger partial charge in [0.2, 0.25) is 0 Å². The molecule has 8 heteroatoms. The maximum Gasteiger partial charge on any atom is 0.319 e. The van der Waals surface area contributed by atoms with E-state index in [0.717, 1.165) is 50.2 Å². The molecule has 0 unspecified atom stereocenters. The number of hydrogen-bond acceptors (Lipinski definition) is 4. The lowest BCUT2D eigenvalue weighted by molar-refractivity contribution is 0.244. The lowest BCUT2D eigenvalue weighted by atomic mass is 10.1. The highest BCUT2D eigenvalue weighted by Crippen LogP contribution is 2.21. The second-order valence-electron chi connectivity index (χ2n) is 9.48. The fraction of sp³-hybridized carbons (Fsp3) is 0.407. The van der Waals surface area contributed by atoms with Crippen LogP contribution in [0, 0.1) is 11.7 Å². The SMILES string of the molecule is CC(C)Cn1cc(NC(=O)NCCCN2CCN(c3ccc(F)cc3)CC2)c2ccccc2c1=O. The fourth-order valence-corrected chi connectivity index (χ4v) is 4.52. The van der Waals surface area contributed by atoms with Crippen LogP contribution in [0.15, 0.2) is 59.5 Å². The summed E-state index contributed by atoms with van der Waals surface area (Å²) in [6.45, 7) is 9.85. The summed E-state index contributed by atoms with van der Waals surface area (Å²) in [6.07, 6.45) is 2.59. The predicted octanol–water partition coefficient (Wildman–Crippen LogP) is 4.13. The van der Waals surface area contributed by atoms with E-state index in [9.17, 15) is 14.0 Å². The van der Waals surface area contributed by atoms with E-state index in [2.05, 4.69) is 34.3 Å². The van der Waals surface area contributed by atoms with Crippen molar-refractivity contribution in [2.24, 2.45) is 5.92 Å². The first-order valence-electron chi connectivity index (χ1n) is 12.3. The van der Waals surface area contributed by atoms with Crippen LogP contribution < -0.4 is 21.1 Å². The third-order valence-electron chi connectivity index (χ3n) is 6.30. The monoisotopic (exact) mass is 479 g/mol. The summed E-state index contributed by atoms with van der Waals surface area (Å²) >= 11 is 0. The van der Waals surface area contributed by atoms with E-state index in [0.29, 0.717) is 30.1 Å². The van der Waals surface area contributed by atoms with Crippen molar-refractivity contribution in [1.29, 1.82) is 0 Å². The first-order chi connectivity index (χ1) is 16.9. The molecule has 0 spiro atoms. The number of rotatable bonds is 8. The molecule has 0 aliphatic carbocycles. The molecule has 1 aliphatic rings. The number of aromatic nitrogens is 1. The molecule has 2 aromatic carbocycles. The van der Waals surface area contributed by atoms with Crippen molar-refractivity contribution in [2.75, 3.05) is 49.5 Å². The van der Waals surface area contributed by atoms with E-state index in [4.69, 9.17) is 0 Å². The number of pyridine rings is 1. The van der Waals surface area contributed by atoms with Crippen molar-refractivity contribution in [2.45, 2.75) is 26.8 Å². The van der Waals surface area contributed by atoms with Crippen molar-refractivity contribution in [3.05, 3.63) is 70.9 Å². The van der Waals surface area contributed by atoms with E-state index in [1.165, 1.54) is 12.1 Å². The second-order valence-corrected chi connectivity index (χ2v) is 9.48. The third-order valence-corrected chi connectivity index (χ3v) is 6.30. The van der Waals surface area contributed by atoms with Crippen molar-refractivity contribution in [1.82, 2.24) is 14.8 Å². The van der Waals surface area contributed by atoms with Crippen molar-refractivity contribution in [3.63, 3.8) is 0 Å². The number of piperazine rings is 1. The van der Waals surface area contributed by atoms with Gasteiger partial charge in [-0.25, -0.2) is 9.18 Å². The summed E-state index contributed by atoms with van der Waals surface area (Å²) in [7, 11) is 0. The van der Waals surface area contributed by atoms with Crippen LogP contribution in [-0.4, -0.2) is 54.8 Å². The van der Waals surface area contributed by atoms with Gasteiger partial charge < -0.3 is 20.1 Å². The highest BCUT2D eigenvalue weighted by atomic mass is 19.1. The van der Waals surface area contributed by atoms with Crippen molar-refractivity contribution < 1.29 is 9.18 Å². The number of nitrogens with one attached hydrogen (secondary N) is 2. The van der Waals surface area contributed by atoms with Crippen molar-refractivity contribution in [3.8, 4) is 0 Å². The molecule has 1 aliphatic heterocycles. The zero-order chi connectivity index (χ0) is 24.8. The Hall–Kier alpha value is -3.39. The molecule has 4 rings (SSSR count). The molecule has 2 amide bonds. The van der Waals surface area contributed by atoms with Crippen LogP contribution >= 0.6 is 0 Å². The number of urea groups is 1. The zero-order valence-electron chi connectivity index (χ0n) is 20.5. The molecular formula is C27H34FN5O2. The highest BCUT2D eigenvalue weighted by molar-refractivity contribution is 6.00. The Morgan fingerprint density at radius 3 is 2.37 bits per heavy atom. The average molecular weight is 480 g/mol. The lowest BCUT2D eigenvalue weighted by Crippen LogP contribution is -2.47. The lowest BCUT2D eigenvalue weighted by Gasteiger charge is -2.36. The van der Waals surface area contributed by atoms with E-state index >= 15 is 0 Å². The Bertz CT molecular complexity index is 1200. The highest BCUT2D eigenvalue weighted by Gasteiger charge is 2.17. The third kappa shape index (κ3) is 6.39. The number of benzene rings is 2. The molecular weight excluding hydrogens is 445 g/mol. The van der Waals surface area contributed by atoms with Gasteiger partial charge in [-0.2, -0.15) is 0 Å². The van der Waals surface area contributed by atoms with E-state index in [1.807, 2.05) is 30.3 Å². The van der Waals surface area contributed by atoms with Crippen molar-refractivity contribution >= 4 is 28.2 Å². The summed E-state index contributed by atoms with van der Waals surface area (Å²) < 4.78 is 14.8. The first kappa shape index (κ1) is 24.7. The van der Waals surface area contributed by atoms with E-state index in [-0.39, 0.29) is 17.4 Å². The van der Waals surface area contributed by atoms with Gasteiger partial charge in [-0.3, -0.25) is 9.69 Å². The average Bonchev–Trinajstić information content (AvgIpc) is 2.85. The number of amides is 2. The predicted molar refractivity (Wildman–Crippen MR) is 140 cm³/mol. The van der Waals surface area contributed by atoms with Gasteiger partial charge in [-0.05, 0) is 49.2 Å². The van der Waals surface area contributed by atoms with Gasteiger partial charge in [-0.15, -0.1) is 0 Å². The minimum atomic E-state index is -0.272. The van der Waals surface area contributed by atoms with Gasteiger partial charge in [-0.1, -0.05) is 32.0 Å². The molecule has 0 radical (unpaired) electrons. The quantitative estimate of drug-likeness (QED) is 0.477. The molecule has 0 saturated carbocycles. The largest absolute Gasteiger partial charge is 0.369 e. The minimum absolute atomic E-state index is 0.0419. The number of nitrogens with zero attached hydrogens (tertiary/aromatic N) is 3. The summed E-state index contributed by atoms with van der Waals surface area (Å²) in [5.41, 5.74) is 1.65. The summed E-state index contributed by atoms with van der Waals surface area (Å²) in [5, 5.41) is 7.22. The molecule has 1 aromatic heterocycles. The van der Waals surface area contributed by atoms with Gasteiger partial charge in [0.1, 0.15) is 5.82 Å².